The Bertz CT molecular complexity index is 1620. The van der Waals surface area contributed by atoms with Crippen molar-refractivity contribution in [3.05, 3.63) is 141 Å². The first-order chi connectivity index (χ1) is 22.9. The van der Waals surface area contributed by atoms with E-state index in [1.165, 1.54) is 0 Å². The third-order valence-electron chi connectivity index (χ3n) is 9.10. The lowest BCUT2D eigenvalue weighted by molar-refractivity contribution is -0.384. The molecule has 2 N–H and O–H groups in total. The quantitative estimate of drug-likeness (QED) is 0.170. The number of aliphatic hydroxyl groups is 1. The number of nitro groups is 1. The van der Waals surface area contributed by atoms with Crippen molar-refractivity contribution in [3.8, 4) is 0 Å². The van der Waals surface area contributed by atoms with Crippen molar-refractivity contribution < 1.29 is 24.3 Å². The summed E-state index contributed by atoms with van der Waals surface area (Å²) >= 11 is 0. The number of carbonyl (C=O) groups excluding carboxylic acids is 1. The SMILES string of the molecule is C[C@@H]1[C@H](CN2CCN(c3ccc([N+](=O)[O-])cc3)CC2)O[C@H](c2ccc(CNC(=O)c3ccccc3)cc2)O[C@@H]1c1ccc(CO)cc1. The minimum absolute atomic E-state index is 0.0142. The van der Waals surface area contributed by atoms with Crippen LogP contribution in [0, 0.1) is 16.0 Å². The molecular formula is C37H40N4O6. The van der Waals surface area contributed by atoms with Crippen molar-refractivity contribution in [2.45, 2.75) is 38.6 Å². The summed E-state index contributed by atoms with van der Waals surface area (Å²) in [5, 5.41) is 23.6. The van der Waals surface area contributed by atoms with E-state index in [1.54, 1.807) is 24.3 Å². The smallest absolute Gasteiger partial charge is 0.269 e. The number of non-ortho nitro benzene ring substituents is 1. The molecule has 4 aromatic rings. The molecule has 2 aliphatic rings. The van der Waals surface area contributed by atoms with Gasteiger partial charge in [-0.05, 0) is 41.0 Å². The van der Waals surface area contributed by atoms with Crippen LogP contribution in [0.25, 0.3) is 0 Å². The number of aliphatic hydroxyl groups excluding tert-OH is 1. The number of anilines is 1. The summed E-state index contributed by atoms with van der Waals surface area (Å²) in [4.78, 5) is 27.9. The highest BCUT2D eigenvalue weighted by Gasteiger charge is 2.39. The summed E-state index contributed by atoms with van der Waals surface area (Å²) in [7, 11) is 0. The van der Waals surface area contributed by atoms with E-state index in [0.29, 0.717) is 12.1 Å². The summed E-state index contributed by atoms with van der Waals surface area (Å²) in [6.07, 6.45) is -0.891. The Morgan fingerprint density at radius 1 is 0.851 bits per heavy atom. The van der Waals surface area contributed by atoms with Crippen LogP contribution in [0.15, 0.2) is 103 Å². The van der Waals surface area contributed by atoms with Gasteiger partial charge in [-0.2, -0.15) is 0 Å². The van der Waals surface area contributed by atoms with Gasteiger partial charge in [-0.25, -0.2) is 0 Å². The van der Waals surface area contributed by atoms with E-state index in [4.69, 9.17) is 9.47 Å². The minimum Gasteiger partial charge on any atom is -0.392 e. The Labute approximate surface area is 274 Å². The van der Waals surface area contributed by atoms with E-state index in [-0.39, 0.29) is 41.3 Å². The van der Waals surface area contributed by atoms with Gasteiger partial charge in [0.2, 0.25) is 0 Å². The average molecular weight is 637 g/mol. The molecule has 0 spiro atoms. The summed E-state index contributed by atoms with van der Waals surface area (Å²) in [5.74, 6) is -0.0551. The van der Waals surface area contributed by atoms with Gasteiger partial charge in [0.25, 0.3) is 11.6 Å². The second kappa shape index (κ2) is 14.9. The molecule has 4 aromatic carbocycles. The molecular weight excluding hydrogens is 596 g/mol. The van der Waals surface area contributed by atoms with Gasteiger partial charge in [0.05, 0.1) is 23.7 Å². The Hall–Kier alpha value is -4.61. The first-order valence-corrected chi connectivity index (χ1v) is 16.0. The van der Waals surface area contributed by atoms with Crippen molar-refractivity contribution in [3.63, 3.8) is 0 Å². The number of nitrogens with zero attached hydrogens (tertiary/aromatic N) is 3. The topological polar surface area (TPSA) is 117 Å². The highest BCUT2D eigenvalue weighted by Crippen LogP contribution is 2.42. The van der Waals surface area contributed by atoms with Gasteiger partial charge in [-0.15, -0.1) is 0 Å². The van der Waals surface area contributed by atoms with Gasteiger partial charge in [0.1, 0.15) is 0 Å². The number of amides is 1. The Kier molecular flexibility index (Phi) is 10.2. The highest BCUT2D eigenvalue weighted by molar-refractivity contribution is 5.94. The second-order valence-corrected chi connectivity index (χ2v) is 12.2. The van der Waals surface area contributed by atoms with Crippen LogP contribution in [0.2, 0.25) is 0 Å². The lowest BCUT2D eigenvalue weighted by atomic mass is 9.90. The van der Waals surface area contributed by atoms with Gasteiger partial charge in [0, 0.05) is 74.1 Å². The zero-order valence-corrected chi connectivity index (χ0v) is 26.4. The Morgan fingerprint density at radius 3 is 2.13 bits per heavy atom. The molecule has 244 valence electrons. The van der Waals surface area contributed by atoms with E-state index in [2.05, 4.69) is 22.0 Å². The maximum atomic E-state index is 12.5. The summed E-state index contributed by atoms with van der Waals surface area (Å²) in [6, 6.07) is 31.8. The van der Waals surface area contributed by atoms with Crippen LogP contribution in [0.3, 0.4) is 0 Å². The van der Waals surface area contributed by atoms with Crippen molar-refractivity contribution in [1.82, 2.24) is 10.2 Å². The zero-order chi connectivity index (χ0) is 32.8. The van der Waals surface area contributed by atoms with Crippen LogP contribution in [0.5, 0.6) is 0 Å². The van der Waals surface area contributed by atoms with Gasteiger partial charge >= 0.3 is 0 Å². The molecule has 0 saturated carbocycles. The average Bonchev–Trinajstić information content (AvgIpc) is 3.12. The number of hydrogen-bond acceptors (Lipinski definition) is 8. The Morgan fingerprint density at radius 2 is 1.49 bits per heavy atom. The Balaban J connectivity index is 1.13. The molecule has 0 unspecified atom stereocenters. The standard InChI is InChI=1S/C37H40N4O6/c1-26-34(24-39-19-21-40(22-20-39)32-15-17-33(18-16-32)41(44)45)46-37(47-35(26)29-11-9-28(25-42)10-12-29)31-13-7-27(8-14-31)23-38-36(43)30-5-3-2-4-6-30/h2-18,26,34-35,37,42H,19-25H2,1H3,(H,38,43)/t26-,34+,35+,37+/m1/s1. The first-order valence-electron chi connectivity index (χ1n) is 16.0. The predicted octanol–water partition coefficient (Wildman–Crippen LogP) is 5.63. The second-order valence-electron chi connectivity index (χ2n) is 12.2. The van der Waals surface area contributed by atoms with E-state index in [1.807, 2.05) is 78.9 Å². The van der Waals surface area contributed by atoms with Gasteiger partial charge < -0.3 is 24.8 Å². The van der Waals surface area contributed by atoms with Gasteiger partial charge in [0.15, 0.2) is 6.29 Å². The molecule has 0 aliphatic carbocycles. The molecule has 2 heterocycles. The highest BCUT2D eigenvalue weighted by atomic mass is 16.7. The minimum atomic E-state index is -0.576. The lowest BCUT2D eigenvalue weighted by Crippen LogP contribution is -2.51. The molecule has 10 nitrogen and oxygen atoms in total. The van der Waals surface area contributed by atoms with Crippen LogP contribution in [0.1, 0.15) is 51.9 Å². The molecule has 0 bridgehead atoms. The van der Waals surface area contributed by atoms with Crippen LogP contribution in [-0.4, -0.2) is 59.7 Å². The summed E-state index contributed by atoms with van der Waals surface area (Å²) in [6.45, 7) is 6.61. The third kappa shape index (κ3) is 7.86. The van der Waals surface area contributed by atoms with Gasteiger partial charge in [-0.1, -0.05) is 73.7 Å². The number of piperazine rings is 1. The number of benzene rings is 4. The largest absolute Gasteiger partial charge is 0.392 e. The fourth-order valence-electron chi connectivity index (χ4n) is 6.22. The van der Waals surface area contributed by atoms with Gasteiger partial charge in [-0.3, -0.25) is 19.8 Å². The molecule has 1 amide bonds. The normalized spacial score (nSPS) is 21.7. The summed E-state index contributed by atoms with van der Waals surface area (Å²) in [5.41, 5.74) is 5.47. The maximum Gasteiger partial charge on any atom is 0.269 e. The number of rotatable bonds is 10. The van der Waals surface area contributed by atoms with Crippen molar-refractivity contribution >= 4 is 17.3 Å². The number of nitrogens with one attached hydrogen (secondary N) is 1. The molecule has 0 radical (unpaired) electrons. The monoisotopic (exact) mass is 636 g/mol. The van der Waals surface area contributed by atoms with Crippen LogP contribution in [-0.2, 0) is 22.6 Å². The number of ether oxygens (including phenoxy) is 2. The fraction of sp³-hybridized carbons (Fsp3) is 0.324. The molecule has 0 aromatic heterocycles. The lowest BCUT2D eigenvalue weighted by Gasteiger charge is -2.44. The predicted molar refractivity (Wildman–Crippen MR) is 179 cm³/mol. The first kappa shape index (κ1) is 32.3. The fourth-order valence-corrected chi connectivity index (χ4v) is 6.22. The molecule has 4 atom stereocenters. The van der Waals surface area contributed by atoms with Crippen molar-refractivity contribution in [2.24, 2.45) is 5.92 Å². The van der Waals surface area contributed by atoms with Crippen LogP contribution in [0.4, 0.5) is 11.4 Å². The van der Waals surface area contributed by atoms with E-state index in [9.17, 15) is 20.0 Å². The molecule has 47 heavy (non-hydrogen) atoms. The summed E-state index contributed by atoms with van der Waals surface area (Å²) < 4.78 is 13.3. The number of carbonyl (C=O) groups is 1. The van der Waals surface area contributed by atoms with Crippen LogP contribution < -0.4 is 10.2 Å². The molecule has 2 aliphatic heterocycles. The van der Waals surface area contributed by atoms with E-state index >= 15 is 0 Å². The zero-order valence-electron chi connectivity index (χ0n) is 26.4. The van der Waals surface area contributed by atoms with E-state index in [0.717, 1.165) is 60.7 Å². The molecule has 2 fully saturated rings. The van der Waals surface area contributed by atoms with E-state index < -0.39 is 6.29 Å². The molecule has 6 rings (SSSR count). The maximum absolute atomic E-state index is 12.5. The van der Waals surface area contributed by atoms with Crippen LogP contribution >= 0.6 is 0 Å². The molecule has 10 heteroatoms. The number of nitro benzene ring substituents is 1. The van der Waals surface area contributed by atoms with Crippen molar-refractivity contribution in [1.29, 1.82) is 0 Å². The third-order valence-corrected chi connectivity index (χ3v) is 9.10. The van der Waals surface area contributed by atoms with Crippen molar-refractivity contribution in [2.75, 3.05) is 37.6 Å². The molecule has 2 saturated heterocycles. The number of hydrogen-bond donors (Lipinski definition) is 2.